The molecule has 1 aliphatic rings. The number of nitrogens with zero attached hydrogens (tertiary/aromatic N) is 1. The summed E-state index contributed by atoms with van der Waals surface area (Å²) in [6.07, 6.45) is 3.90. The highest BCUT2D eigenvalue weighted by Crippen LogP contribution is 2.40. The number of morpholine rings is 1. The van der Waals surface area contributed by atoms with Crippen molar-refractivity contribution in [3.05, 3.63) is 47.9 Å². The molecule has 0 saturated carbocycles. The molecular weight excluding hydrogens is 444 g/mol. The molecular formula is C24H28N2O8. The summed E-state index contributed by atoms with van der Waals surface area (Å²) in [6.45, 7) is 2.37. The zero-order valence-corrected chi connectivity index (χ0v) is 19.4. The van der Waals surface area contributed by atoms with E-state index in [0.29, 0.717) is 36.0 Å². The third kappa shape index (κ3) is 6.38. The second kappa shape index (κ2) is 11.9. The van der Waals surface area contributed by atoms with Crippen molar-refractivity contribution in [2.45, 2.75) is 13.0 Å². The molecule has 3 rings (SSSR count). The molecule has 34 heavy (non-hydrogen) atoms. The number of Topliss-reactive ketones (excluding diaryl/α,β-unsaturated/α-hetero) is 1. The number of benzene rings is 1. The van der Waals surface area contributed by atoms with E-state index in [1.165, 1.54) is 39.6 Å². The average molecular weight is 472 g/mol. The molecule has 2 heterocycles. The van der Waals surface area contributed by atoms with E-state index in [4.69, 9.17) is 23.4 Å². The maximum atomic E-state index is 12.6. The lowest BCUT2D eigenvalue weighted by atomic mass is 10.1. The molecule has 2 amide bonds. The van der Waals surface area contributed by atoms with E-state index in [1.807, 2.05) is 0 Å². The Labute approximate surface area is 197 Å². The van der Waals surface area contributed by atoms with Gasteiger partial charge < -0.3 is 33.6 Å². The largest absolute Gasteiger partial charge is 0.493 e. The molecule has 10 nitrogen and oxygen atoms in total. The van der Waals surface area contributed by atoms with Crippen LogP contribution in [0, 0.1) is 0 Å². The van der Waals surface area contributed by atoms with Gasteiger partial charge in [-0.15, -0.1) is 0 Å². The van der Waals surface area contributed by atoms with Gasteiger partial charge in [-0.2, -0.15) is 0 Å². The minimum atomic E-state index is -0.428. The van der Waals surface area contributed by atoms with Crippen LogP contribution in [0.5, 0.6) is 17.2 Å². The lowest BCUT2D eigenvalue weighted by Gasteiger charge is -2.33. The number of furan rings is 1. The molecule has 1 fully saturated rings. The number of ketones is 1. The Bertz CT molecular complexity index is 1030. The van der Waals surface area contributed by atoms with E-state index >= 15 is 0 Å². The third-order valence-electron chi connectivity index (χ3n) is 5.14. The number of rotatable bonds is 10. The second-order valence-electron chi connectivity index (χ2n) is 7.44. The zero-order chi connectivity index (χ0) is 24.5. The molecule has 1 N–H and O–H groups in total. The summed E-state index contributed by atoms with van der Waals surface area (Å²) in [6, 6.07) is 6.67. The molecule has 0 spiro atoms. The van der Waals surface area contributed by atoms with E-state index in [9.17, 15) is 14.4 Å². The Balaban J connectivity index is 1.55. The first-order valence-electron chi connectivity index (χ1n) is 10.7. The minimum absolute atomic E-state index is 0.0891. The summed E-state index contributed by atoms with van der Waals surface area (Å²) in [5.41, 5.74) is 0.353. The van der Waals surface area contributed by atoms with Gasteiger partial charge in [-0.25, -0.2) is 0 Å². The lowest BCUT2D eigenvalue weighted by Crippen LogP contribution is -2.50. The SMILES string of the molecule is COc1ccc(C(C)=O)c(OCC2CN(C(=O)CNC(=O)/C=C\c3ccco3)CCO2)c1OC. The standard InChI is InChI=1S/C24H28N2O8/c1-16(27)19-7-8-20(30-2)24(31-3)23(19)34-15-18-14-26(10-12-33-18)22(29)13-25-21(28)9-6-17-5-4-11-32-17/h4-9,11,18H,10,12-15H2,1-3H3,(H,25,28)/b9-6-. The normalized spacial score (nSPS) is 15.7. The molecule has 182 valence electrons. The van der Waals surface area contributed by atoms with Gasteiger partial charge in [-0.3, -0.25) is 14.4 Å². The summed E-state index contributed by atoms with van der Waals surface area (Å²) in [7, 11) is 2.96. The van der Waals surface area contributed by atoms with Crippen molar-refractivity contribution in [1.29, 1.82) is 0 Å². The highest BCUT2D eigenvalue weighted by Gasteiger charge is 2.26. The van der Waals surface area contributed by atoms with Gasteiger partial charge in [0.15, 0.2) is 17.3 Å². The van der Waals surface area contributed by atoms with Crippen LogP contribution < -0.4 is 19.5 Å². The van der Waals surface area contributed by atoms with Crippen LogP contribution in [0.25, 0.3) is 6.08 Å². The van der Waals surface area contributed by atoms with E-state index in [2.05, 4.69) is 5.32 Å². The fourth-order valence-corrected chi connectivity index (χ4v) is 3.42. The van der Waals surface area contributed by atoms with Crippen LogP contribution in [0.15, 0.2) is 41.0 Å². The molecule has 1 saturated heterocycles. The first-order chi connectivity index (χ1) is 16.4. The highest BCUT2D eigenvalue weighted by atomic mass is 16.6. The summed E-state index contributed by atoms with van der Waals surface area (Å²) in [5.74, 6) is 0.713. The molecule has 2 aromatic rings. The van der Waals surface area contributed by atoms with Gasteiger partial charge in [0, 0.05) is 12.6 Å². The highest BCUT2D eigenvalue weighted by molar-refractivity contribution is 5.98. The molecule has 1 unspecified atom stereocenters. The van der Waals surface area contributed by atoms with Crippen LogP contribution in [-0.4, -0.2) is 75.7 Å². The first kappa shape index (κ1) is 24.8. The van der Waals surface area contributed by atoms with E-state index in [1.54, 1.807) is 29.2 Å². The number of hydrogen-bond acceptors (Lipinski definition) is 8. The molecule has 0 aliphatic carbocycles. The Morgan fingerprint density at radius 2 is 2.00 bits per heavy atom. The number of carbonyl (C=O) groups excluding carboxylic acids is 3. The topological polar surface area (TPSA) is 117 Å². The smallest absolute Gasteiger partial charge is 0.244 e. The lowest BCUT2D eigenvalue weighted by molar-refractivity contribution is -0.140. The maximum Gasteiger partial charge on any atom is 0.244 e. The van der Waals surface area contributed by atoms with Crippen molar-refractivity contribution in [3.8, 4) is 17.2 Å². The molecule has 1 atom stereocenters. The third-order valence-corrected chi connectivity index (χ3v) is 5.14. The number of nitrogens with one attached hydrogen (secondary N) is 1. The molecule has 0 radical (unpaired) electrons. The first-order valence-corrected chi connectivity index (χ1v) is 10.7. The predicted molar refractivity (Wildman–Crippen MR) is 122 cm³/mol. The van der Waals surface area contributed by atoms with Crippen LogP contribution in [0.4, 0.5) is 0 Å². The van der Waals surface area contributed by atoms with E-state index in [-0.39, 0.29) is 37.1 Å². The molecule has 1 aromatic heterocycles. The minimum Gasteiger partial charge on any atom is -0.493 e. The molecule has 1 aromatic carbocycles. The van der Waals surface area contributed by atoms with Crippen molar-refractivity contribution in [3.63, 3.8) is 0 Å². The number of carbonyl (C=O) groups is 3. The van der Waals surface area contributed by atoms with E-state index < -0.39 is 12.0 Å². The second-order valence-corrected chi connectivity index (χ2v) is 7.44. The summed E-state index contributed by atoms with van der Waals surface area (Å²) in [5, 5.41) is 2.56. The number of hydrogen-bond donors (Lipinski definition) is 1. The van der Waals surface area contributed by atoms with Crippen LogP contribution in [0.3, 0.4) is 0 Å². The molecule has 1 aliphatic heterocycles. The van der Waals surface area contributed by atoms with E-state index in [0.717, 1.165) is 0 Å². The zero-order valence-electron chi connectivity index (χ0n) is 19.4. The van der Waals surface area contributed by atoms with Crippen LogP contribution >= 0.6 is 0 Å². The number of amides is 2. The summed E-state index contributed by atoms with van der Waals surface area (Å²) < 4.78 is 27.5. The fraction of sp³-hybridized carbons (Fsp3) is 0.375. The van der Waals surface area contributed by atoms with Crippen molar-refractivity contribution >= 4 is 23.7 Å². The van der Waals surface area contributed by atoms with Gasteiger partial charge in [0.1, 0.15) is 18.5 Å². The Kier molecular flexibility index (Phi) is 8.69. The van der Waals surface area contributed by atoms with Crippen LogP contribution in [0.2, 0.25) is 0 Å². The fourth-order valence-electron chi connectivity index (χ4n) is 3.42. The van der Waals surface area contributed by atoms with Crippen LogP contribution in [-0.2, 0) is 14.3 Å². The number of ether oxygens (including phenoxy) is 4. The van der Waals surface area contributed by atoms with Crippen molar-refractivity contribution in [2.75, 3.05) is 47.1 Å². The average Bonchev–Trinajstić information content (AvgIpc) is 3.37. The van der Waals surface area contributed by atoms with Crippen molar-refractivity contribution in [2.24, 2.45) is 0 Å². The van der Waals surface area contributed by atoms with Gasteiger partial charge in [-0.1, -0.05) is 0 Å². The number of methoxy groups -OCH3 is 2. The Hall–Kier alpha value is -3.79. The predicted octanol–water partition coefficient (Wildman–Crippen LogP) is 1.94. The van der Waals surface area contributed by atoms with Gasteiger partial charge in [-0.05, 0) is 37.3 Å². The quantitative estimate of drug-likeness (QED) is 0.412. The van der Waals surface area contributed by atoms with Gasteiger partial charge >= 0.3 is 0 Å². The van der Waals surface area contributed by atoms with Crippen molar-refractivity contribution < 1.29 is 37.7 Å². The summed E-state index contributed by atoms with van der Waals surface area (Å²) in [4.78, 5) is 38.2. The van der Waals surface area contributed by atoms with Crippen molar-refractivity contribution in [1.82, 2.24) is 10.2 Å². The van der Waals surface area contributed by atoms with Crippen LogP contribution in [0.1, 0.15) is 23.0 Å². The Morgan fingerprint density at radius 1 is 1.18 bits per heavy atom. The molecule has 10 heteroatoms. The Morgan fingerprint density at radius 3 is 2.68 bits per heavy atom. The summed E-state index contributed by atoms with van der Waals surface area (Å²) >= 11 is 0. The monoisotopic (exact) mass is 472 g/mol. The van der Waals surface area contributed by atoms with Gasteiger partial charge in [0.05, 0.1) is 45.7 Å². The maximum absolute atomic E-state index is 12.6. The van der Waals surface area contributed by atoms with Gasteiger partial charge in [0.25, 0.3) is 0 Å². The molecule has 0 bridgehead atoms. The van der Waals surface area contributed by atoms with Gasteiger partial charge in [0.2, 0.25) is 17.6 Å².